The fourth-order valence-electron chi connectivity index (χ4n) is 2.38. The van der Waals surface area contributed by atoms with Crippen molar-refractivity contribution in [3.05, 3.63) is 12.1 Å². The molecule has 1 fully saturated rings. The van der Waals surface area contributed by atoms with Gasteiger partial charge < -0.3 is 28.8 Å². The van der Waals surface area contributed by atoms with Crippen LogP contribution in [-0.4, -0.2) is 51.4 Å². The van der Waals surface area contributed by atoms with Crippen LogP contribution in [0.4, 0.5) is 0 Å². The lowest BCUT2D eigenvalue weighted by Gasteiger charge is -2.40. The fraction of sp³-hybridized carbons (Fsp3) is 0.600. The molecule has 1 aliphatic carbocycles. The van der Waals surface area contributed by atoms with Crippen LogP contribution in [0.5, 0.6) is 23.0 Å². The molecule has 1 saturated carbocycles. The first-order valence-corrected chi connectivity index (χ1v) is 6.90. The lowest BCUT2D eigenvalue weighted by atomic mass is 9.88. The summed E-state index contributed by atoms with van der Waals surface area (Å²) in [6, 6.07) is 3.46. The van der Waals surface area contributed by atoms with Crippen molar-refractivity contribution < 1.29 is 28.8 Å². The molecule has 6 heteroatoms. The number of benzene rings is 1. The van der Waals surface area contributed by atoms with Gasteiger partial charge in [0.05, 0.1) is 27.4 Å². The molecular weight excluding hydrogens is 276 g/mol. The monoisotopic (exact) mass is 298 g/mol. The number of hydrogen-bond acceptors (Lipinski definition) is 6. The zero-order chi connectivity index (χ0) is 15.4. The molecular formula is C15H22O6. The van der Waals surface area contributed by atoms with E-state index < -0.39 is 6.10 Å². The van der Waals surface area contributed by atoms with Crippen molar-refractivity contribution in [3.8, 4) is 23.0 Å². The molecule has 21 heavy (non-hydrogen) atoms. The molecule has 0 aromatic heterocycles. The molecule has 0 saturated heterocycles. The zero-order valence-electron chi connectivity index (χ0n) is 12.8. The molecule has 1 N–H and O–H groups in total. The Bertz CT molecular complexity index is 450. The van der Waals surface area contributed by atoms with Crippen LogP contribution < -0.4 is 18.9 Å². The molecule has 0 bridgehead atoms. The minimum Gasteiger partial charge on any atom is -0.493 e. The van der Waals surface area contributed by atoms with Crippen molar-refractivity contribution in [2.75, 3.05) is 27.9 Å². The number of hydrogen-bond donors (Lipinski definition) is 1. The number of aliphatic hydroxyl groups excluding tert-OH is 1. The standard InChI is InChI=1S/C15H22O6/c1-5-20-14-10(16)8-13(14)21-9-6-11(17-2)15(19-4)12(7-9)18-3/h6-7,10,13-14,16H,5,8H2,1-4H3. The third-order valence-corrected chi connectivity index (χ3v) is 3.50. The smallest absolute Gasteiger partial charge is 0.203 e. The molecule has 118 valence electrons. The van der Waals surface area contributed by atoms with Crippen LogP contribution in [0.25, 0.3) is 0 Å². The molecule has 1 aromatic rings. The minimum atomic E-state index is -0.475. The average molecular weight is 298 g/mol. The van der Waals surface area contributed by atoms with Crippen molar-refractivity contribution in [2.45, 2.75) is 31.7 Å². The molecule has 3 unspecified atom stereocenters. The van der Waals surface area contributed by atoms with E-state index in [9.17, 15) is 5.11 Å². The maximum Gasteiger partial charge on any atom is 0.203 e. The highest BCUT2D eigenvalue weighted by atomic mass is 16.6. The second-order valence-corrected chi connectivity index (χ2v) is 4.74. The molecule has 3 atom stereocenters. The van der Waals surface area contributed by atoms with Gasteiger partial charge in [-0.2, -0.15) is 0 Å². The fourth-order valence-corrected chi connectivity index (χ4v) is 2.38. The summed E-state index contributed by atoms with van der Waals surface area (Å²) < 4.78 is 27.2. The van der Waals surface area contributed by atoms with Gasteiger partial charge in [-0.3, -0.25) is 0 Å². The number of rotatable bonds is 7. The Morgan fingerprint density at radius 2 is 1.71 bits per heavy atom. The Morgan fingerprint density at radius 1 is 1.10 bits per heavy atom. The van der Waals surface area contributed by atoms with Crippen molar-refractivity contribution in [1.82, 2.24) is 0 Å². The summed E-state index contributed by atoms with van der Waals surface area (Å²) in [5.41, 5.74) is 0. The molecule has 0 amide bonds. The maximum absolute atomic E-state index is 9.70. The highest BCUT2D eigenvalue weighted by Gasteiger charge is 2.42. The van der Waals surface area contributed by atoms with E-state index in [1.54, 1.807) is 33.5 Å². The van der Waals surface area contributed by atoms with E-state index in [0.29, 0.717) is 36.0 Å². The Hall–Kier alpha value is -1.66. The third-order valence-electron chi connectivity index (χ3n) is 3.50. The van der Waals surface area contributed by atoms with Gasteiger partial charge in [0.15, 0.2) is 11.5 Å². The summed E-state index contributed by atoms with van der Waals surface area (Å²) >= 11 is 0. The molecule has 0 aliphatic heterocycles. The van der Waals surface area contributed by atoms with Gasteiger partial charge in [0, 0.05) is 25.2 Å². The summed E-state index contributed by atoms with van der Waals surface area (Å²) in [7, 11) is 4.66. The topological polar surface area (TPSA) is 66.4 Å². The van der Waals surface area contributed by atoms with Gasteiger partial charge in [-0.05, 0) is 6.92 Å². The van der Waals surface area contributed by atoms with E-state index in [-0.39, 0.29) is 12.2 Å². The van der Waals surface area contributed by atoms with Gasteiger partial charge in [-0.25, -0.2) is 0 Å². The molecule has 2 rings (SSSR count). The van der Waals surface area contributed by atoms with Crippen molar-refractivity contribution in [2.24, 2.45) is 0 Å². The Kier molecular flexibility index (Phi) is 5.14. The Labute approximate surface area is 124 Å². The zero-order valence-corrected chi connectivity index (χ0v) is 12.8. The van der Waals surface area contributed by atoms with Crippen LogP contribution in [0.2, 0.25) is 0 Å². The Balaban J connectivity index is 2.17. The quantitative estimate of drug-likeness (QED) is 0.825. The Morgan fingerprint density at radius 3 is 2.14 bits per heavy atom. The molecule has 0 heterocycles. The van der Waals surface area contributed by atoms with E-state index in [0.717, 1.165) is 0 Å². The van der Waals surface area contributed by atoms with Crippen LogP contribution in [0.3, 0.4) is 0 Å². The van der Waals surface area contributed by atoms with Gasteiger partial charge in [0.2, 0.25) is 5.75 Å². The molecule has 1 aromatic carbocycles. The summed E-state index contributed by atoms with van der Waals surface area (Å²) in [4.78, 5) is 0. The van der Waals surface area contributed by atoms with Gasteiger partial charge in [-0.15, -0.1) is 0 Å². The van der Waals surface area contributed by atoms with Gasteiger partial charge >= 0.3 is 0 Å². The van der Waals surface area contributed by atoms with E-state index >= 15 is 0 Å². The van der Waals surface area contributed by atoms with Crippen molar-refractivity contribution in [1.29, 1.82) is 0 Å². The third kappa shape index (κ3) is 3.16. The second kappa shape index (κ2) is 6.87. The molecule has 0 radical (unpaired) electrons. The van der Waals surface area contributed by atoms with Crippen LogP contribution in [0, 0.1) is 0 Å². The first-order chi connectivity index (χ1) is 10.1. The lowest BCUT2D eigenvalue weighted by Crippen LogP contribution is -2.55. The predicted molar refractivity (Wildman–Crippen MR) is 76.6 cm³/mol. The largest absolute Gasteiger partial charge is 0.493 e. The van der Waals surface area contributed by atoms with Gasteiger partial charge in [-0.1, -0.05) is 0 Å². The number of ether oxygens (including phenoxy) is 5. The van der Waals surface area contributed by atoms with E-state index in [4.69, 9.17) is 23.7 Å². The number of aliphatic hydroxyl groups is 1. The van der Waals surface area contributed by atoms with Crippen LogP contribution in [0.15, 0.2) is 12.1 Å². The average Bonchev–Trinajstić information content (AvgIpc) is 2.51. The van der Waals surface area contributed by atoms with Crippen molar-refractivity contribution in [3.63, 3.8) is 0 Å². The molecule has 0 spiro atoms. The van der Waals surface area contributed by atoms with Gasteiger partial charge in [0.25, 0.3) is 0 Å². The highest BCUT2D eigenvalue weighted by Crippen LogP contribution is 2.42. The molecule has 6 nitrogen and oxygen atoms in total. The van der Waals surface area contributed by atoms with Crippen LogP contribution >= 0.6 is 0 Å². The summed E-state index contributed by atoms with van der Waals surface area (Å²) in [6.07, 6.45) is -0.407. The van der Waals surface area contributed by atoms with E-state index in [2.05, 4.69) is 0 Å². The van der Waals surface area contributed by atoms with E-state index in [1.807, 2.05) is 6.92 Å². The summed E-state index contributed by atoms with van der Waals surface area (Å²) in [5.74, 6) is 2.16. The van der Waals surface area contributed by atoms with Gasteiger partial charge in [0.1, 0.15) is 18.0 Å². The summed E-state index contributed by atoms with van der Waals surface area (Å²) in [5, 5.41) is 9.70. The first kappa shape index (κ1) is 15.7. The SMILES string of the molecule is CCOC1C(O)CC1Oc1cc(OC)c(OC)c(OC)c1. The maximum atomic E-state index is 9.70. The highest BCUT2D eigenvalue weighted by molar-refractivity contribution is 5.56. The second-order valence-electron chi connectivity index (χ2n) is 4.74. The molecule has 1 aliphatic rings. The number of methoxy groups -OCH3 is 3. The van der Waals surface area contributed by atoms with Crippen LogP contribution in [0.1, 0.15) is 13.3 Å². The predicted octanol–water partition coefficient (Wildman–Crippen LogP) is 1.63. The first-order valence-electron chi connectivity index (χ1n) is 6.90. The van der Waals surface area contributed by atoms with E-state index in [1.165, 1.54) is 0 Å². The summed E-state index contributed by atoms with van der Waals surface area (Å²) in [6.45, 7) is 2.43. The normalized spacial score (nSPS) is 24.1. The lowest BCUT2D eigenvalue weighted by molar-refractivity contribution is -0.160. The van der Waals surface area contributed by atoms with Crippen LogP contribution in [-0.2, 0) is 4.74 Å². The minimum absolute atomic E-state index is 0.178. The van der Waals surface area contributed by atoms with Crippen molar-refractivity contribution >= 4 is 0 Å².